The van der Waals surface area contributed by atoms with Gasteiger partial charge in [-0.05, 0) is 18.2 Å². The van der Waals surface area contributed by atoms with Crippen LogP contribution < -0.4 is 10.1 Å². The molecule has 2 aromatic carbocycles. The molecule has 0 spiro atoms. The van der Waals surface area contributed by atoms with Crippen LogP contribution in [0.1, 0.15) is 10.4 Å². The average molecular weight is 338 g/mol. The molecule has 0 unspecified atom stereocenters. The van der Waals surface area contributed by atoms with E-state index in [2.05, 4.69) is 10.4 Å². The van der Waals surface area contributed by atoms with E-state index in [9.17, 15) is 14.9 Å². The zero-order valence-electron chi connectivity index (χ0n) is 13.2. The van der Waals surface area contributed by atoms with Crippen molar-refractivity contribution in [3.63, 3.8) is 0 Å². The summed E-state index contributed by atoms with van der Waals surface area (Å²) in [4.78, 5) is 22.8. The number of nitrogens with one attached hydrogen (secondary N) is 1. The highest BCUT2D eigenvalue weighted by atomic mass is 16.6. The highest BCUT2D eigenvalue weighted by Gasteiger charge is 2.18. The summed E-state index contributed by atoms with van der Waals surface area (Å²) >= 11 is 0. The molecule has 0 saturated carbocycles. The van der Waals surface area contributed by atoms with Gasteiger partial charge in [-0.1, -0.05) is 18.2 Å². The van der Waals surface area contributed by atoms with E-state index in [0.717, 1.165) is 5.69 Å². The molecule has 1 aromatic heterocycles. The van der Waals surface area contributed by atoms with Gasteiger partial charge in [0.05, 0.1) is 23.9 Å². The van der Waals surface area contributed by atoms with E-state index in [4.69, 9.17) is 4.74 Å². The zero-order chi connectivity index (χ0) is 17.8. The standard InChI is InChI=1S/C17H14N4O4/c1-25-15-11-12(7-8-14(15)21(23)24)17(22)19-16-9-10-18-20(16)13-5-3-2-4-6-13/h2-11H,1H3,(H,19,22). The van der Waals surface area contributed by atoms with Gasteiger partial charge in [0.15, 0.2) is 5.75 Å². The number of ether oxygens (including phenoxy) is 1. The Labute approximate surface area is 142 Å². The van der Waals surface area contributed by atoms with Crippen LogP contribution in [0.5, 0.6) is 5.75 Å². The maximum absolute atomic E-state index is 12.5. The Morgan fingerprint density at radius 2 is 1.96 bits per heavy atom. The number of aromatic nitrogens is 2. The molecule has 0 bridgehead atoms. The molecule has 8 nitrogen and oxygen atoms in total. The Morgan fingerprint density at radius 1 is 1.20 bits per heavy atom. The van der Waals surface area contributed by atoms with E-state index >= 15 is 0 Å². The SMILES string of the molecule is COc1cc(C(=O)Nc2ccnn2-c2ccccc2)ccc1[N+](=O)[O-]. The van der Waals surface area contributed by atoms with E-state index in [1.54, 1.807) is 16.9 Å². The molecule has 0 atom stereocenters. The lowest BCUT2D eigenvalue weighted by atomic mass is 10.1. The molecule has 0 aliphatic rings. The second-order valence-electron chi connectivity index (χ2n) is 5.06. The van der Waals surface area contributed by atoms with E-state index < -0.39 is 10.8 Å². The number of amides is 1. The van der Waals surface area contributed by atoms with E-state index in [0.29, 0.717) is 5.82 Å². The summed E-state index contributed by atoms with van der Waals surface area (Å²) in [6, 6.07) is 14.9. The predicted molar refractivity (Wildman–Crippen MR) is 91.2 cm³/mol. The predicted octanol–water partition coefficient (Wildman–Crippen LogP) is 3.04. The van der Waals surface area contributed by atoms with Crippen LogP contribution in [0.2, 0.25) is 0 Å². The van der Waals surface area contributed by atoms with Crippen LogP contribution in [0, 0.1) is 10.1 Å². The highest BCUT2D eigenvalue weighted by molar-refractivity contribution is 6.04. The molecule has 3 aromatic rings. The first-order chi connectivity index (χ1) is 12.1. The van der Waals surface area contributed by atoms with Crippen LogP contribution in [0.25, 0.3) is 5.69 Å². The number of carbonyl (C=O) groups is 1. The summed E-state index contributed by atoms with van der Waals surface area (Å²) < 4.78 is 6.57. The summed E-state index contributed by atoms with van der Waals surface area (Å²) in [5, 5.41) is 17.9. The monoisotopic (exact) mass is 338 g/mol. The van der Waals surface area contributed by atoms with Crippen LogP contribution in [-0.4, -0.2) is 27.7 Å². The topological polar surface area (TPSA) is 99.3 Å². The Hall–Kier alpha value is -3.68. The molecular formula is C17H14N4O4. The highest BCUT2D eigenvalue weighted by Crippen LogP contribution is 2.28. The van der Waals surface area contributed by atoms with Gasteiger partial charge in [-0.25, -0.2) is 4.68 Å². The number of hydrogen-bond donors (Lipinski definition) is 1. The summed E-state index contributed by atoms with van der Waals surface area (Å²) in [5.74, 6) is 0.0774. The van der Waals surface area contributed by atoms with Crippen LogP contribution >= 0.6 is 0 Å². The van der Waals surface area contributed by atoms with Crippen molar-refractivity contribution in [1.29, 1.82) is 0 Å². The molecule has 126 valence electrons. The van der Waals surface area contributed by atoms with Crippen molar-refractivity contribution in [2.45, 2.75) is 0 Å². The smallest absolute Gasteiger partial charge is 0.310 e. The number of rotatable bonds is 5. The van der Waals surface area contributed by atoms with Crippen molar-refractivity contribution in [1.82, 2.24) is 9.78 Å². The number of methoxy groups -OCH3 is 1. The van der Waals surface area contributed by atoms with Crippen molar-refractivity contribution < 1.29 is 14.5 Å². The van der Waals surface area contributed by atoms with Gasteiger partial charge in [-0.3, -0.25) is 14.9 Å². The van der Waals surface area contributed by atoms with Crippen molar-refractivity contribution in [3.05, 3.63) is 76.5 Å². The number of benzene rings is 2. The molecule has 0 aliphatic heterocycles. The fourth-order valence-electron chi connectivity index (χ4n) is 2.33. The van der Waals surface area contributed by atoms with Crippen LogP contribution in [-0.2, 0) is 0 Å². The first-order valence-electron chi connectivity index (χ1n) is 7.33. The number of para-hydroxylation sites is 1. The summed E-state index contributed by atoms with van der Waals surface area (Å²) in [7, 11) is 1.31. The minimum absolute atomic E-state index is 0.0224. The second-order valence-corrected chi connectivity index (χ2v) is 5.06. The molecule has 25 heavy (non-hydrogen) atoms. The number of nitrogens with zero attached hydrogens (tertiary/aromatic N) is 3. The Balaban J connectivity index is 1.87. The van der Waals surface area contributed by atoms with Gasteiger partial charge in [0.25, 0.3) is 5.91 Å². The van der Waals surface area contributed by atoms with Gasteiger partial charge in [0.1, 0.15) is 5.82 Å². The molecule has 0 saturated heterocycles. The average Bonchev–Trinajstić information content (AvgIpc) is 3.09. The van der Waals surface area contributed by atoms with E-state index in [1.165, 1.54) is 25.3 Å². The lowest BCUT2D eigenvalue weighted by Crippen LogP contribution is -2.15. The lowest BCUT2D eigenvalue weighted by molar-refractivity contribution is -0.385. The third kappa shape index (κ3) is 3.32. The van der Waals surface area contributed by atoms with Crippen LogP contribution in [0.4, 0.5) is 11.5 Å². The Kier molecular flexibility index (Phi) is 4.42. The minimum Gasteiger partial charge on any atom is -0.490 e. The maximum atomic E-state index is 12.5. The largest absolute Gasteiger partial charge is 0.490 e. The Morgan fingerprint density at radius 3 is 2.64 bits per heavy atom. The molecule has 8 heteroatoms. The van der Waals surface area contributed by atoms with Gasteiger partial charge < -0.3 is 10.1 Å². The Bertz CT molecular complexity index is 921. The van der Waals surface area contributed by atoms with Crippen LogP contribution in [0.3, 0.4) is 0 Å². The third-order valence-electron chi connectivity index (χ3n) is 3.52. The molecule has 0 fully saturated rings. The number of hydrogen-bond acceptors (Lipinski definition) is 5. The molecule has 0 aliphatic carbocycles. The van der Waals surface area contributed by atoms with Gasteiger partial charge >= 0.3 is 5.69 Å². The fourth-order valence-corrected chi connectivity index (χ4v) is 2.33. The minimum atomic E-state index is -0.564. The first-order valence-corrected chi connectivity index (χ1v) is 7.33. The second kappa shape index (κ2) is 6.83. The number of nitro groups is 1. The fraction of sp³-hybridized carbons (Fsp3) is 0.0588. The third-order valence-corrected chi connectivity index (χ3v) is 3.52. The molecule has 1 N–H and O–H groups in total. The summed E-state index contributed by atoms with van der Waals surface area (Å²) in [6.45, 7) is 0. The van der Waals surface area contributed by atoms with Crippen LogP contribution in [0.15, 0.2) is 60.8 Å². The molecule has 3 rings (SSSR count). The molecule has 1 heterocycles. The van der Waals surface area contributed by atoms with E-state index in [1.807, 2.05) is 30.3 Å². The molecule has 1 amide bonds. The lowest BCUT2D eigenvalue weighted by Gasteiger charge is -2.09. The van der Waals surface area contributed by atoms with Gasteiger partial charge in [-0.15, -0.1) is 0 Å². The van der Waals surface area contributed by atoms with Crippen molar-refractivity contribution >= 4 is 17.4 Å². The molecular weight excluding hydrogens is 324 g/mol. The quantitative estimate of drug-likeness (QED) is 0.569. The van der Waals surface area contributed by atoms with E-state index in [-0.39, 0.29) is 17.0 Å². The number of anilines is 1. The maximum Gasteiger partial charge on any atom is 0.310 e. The van der Waals surface area contributed by atoms with Gasteiger partial charge in [-0.2, -0.15) is 5.10 Å². The zero-order valence-corrected chi connectivity index (χ0v) is 13.2. The van der Waals surface area contributed by atoms with Gasteiger partial charge in [0, 0.05) is 23.8 Å². The van der Waals surface area contributed by atoms with Crippen molar-refractivity contribution in [2.75, 3.05) is 12.4 Å². The number of nitro benzene ring substituents is 1. The number of carbonyl (C=O) groups excluding carboxylic acids is 1. The van der Waals surface area contributed by atoms with Crippen molar-refractivity contribution in [3.8, 4) is 11.4 Å². The first kappa shape index (κ1) is 16.2. The normalized spacial score (nSPS) is 10.3. The van der Waals surface area contributed by atoms with Gasteiger partial charge in [0.2, 0.25) is 0 Å². The summed E-state index contributed by atoms with van der Waals surface area (Å²) in [5.41, 5.74) is 0.834. The molecule has 0 radical (unpaired) electrons. The summed E-state index contributed by atoms with van der Waals surface area (Å²) in [6.07, 6.45) is 1.57. The van der Waals surface area contributed by atoms with Crippen molar-refractivity contribution in [2.24, 2.45) is 0 Å².